The Balaban J connectivity index is 2.27. The molecule has 0 aliphatic rings. The fourth-order valence-electron chi connectivity index (χ4n) is 1.46. The fourth-order valence-corrected chi connectivity index (χ4v) is 1.80. The van der Waals surface area contributed by atoms with Crippen LogP contribution in [0.15, 0.2) is 40.9 Å². The Bertz CT molecular complexity index is 647. The number of halogens is 3. The number of anilines is 1. The van der Waals surface area contributed by atoms with Crippen molar-refractivity contribution >= 4 is 27.5 Å². The average Bonchev–Trinajstić information content (AvgIpc) is 2.36. The van der Waals surface area contributed by atoms with Gasteiger partial charge >= 0.3 is 0 Å². The van der Waals surface area contributed by atoms with Gasteiger partial charge in [-0.25, -0.2) is 8.78 Å². The highest BCUT2D eigenvalue weighted by Gasteiger charge is 2.12. The minimum Gasteiger partial charge on any atom is -0.508 e. The number of hydrogen-bond acceptors (Lipinski definition) is 2. The van der Waals surface area contributed by atoms with Crippen LogP contribution in [0.1, 0.15) is 10.4 Å². The molecule has 2 N–H and O–H groups in total. The molecule has 0 heterocycles. The van der Waals surface area contributed by atoms with Crippen molar-refractivity contribution in [2.75, 3.05) is 5.32 Å². The molecule has 0 atom stereocenters. The van der Waals surface area contributed by atoms with Crippen molar-refractivity contribution in [1.82, 2.24) is 0 Å². The van der Waals surface area contributed by atoms with Crippen molar-refractivity contribution in [1.29, 1.82) is 0 Å². The molecule has 2 aromatic carbocycles. The molecular formula is C13H8BrF2NO2. The van der Waals surface area contributed by atoms with E-state index in [4.69, 9.17) is 0 Å². The molecule has 0 aliphatic carbocycles. The molecule has 98 valence electrons. The van der Waals surface area contributed by atoms with Crippen LogP contribution in [0.2, 0.25) is 0 Å². The zero-order valence-corrected chi connectivity index (χ0v) is 11.0. The van der Waals surface area contributed by atoms with Gasteiger partial charge in [0.15, 0.2) is 0 Å². The maximum atomic E-state index is 13.5. The molecule has 19 heavy (non-hydrogen) atoms. The number of hydrogen-bond donors (Lipinski definition) is 2. The molecule has 0 aromatic heterocycles. The zero-order chi connectivity index (χ0) is 14.0. The molecule has 0 aliphatic heterocycles. The predicted molar refractivity (Wildman–Crippen MR) is 70.1 cm³/mol. The number of amides is 1. The first-order chi connectivity index (χ1) is 8.97. The summed E-state index contributed by atoms with van der Waals surface area (Å²) in [6.45, 7) is 0. The molecule has 0 spiro atoms. The molecule has 0 fully saturated rings. The van der Waals surface area contributed by atoms with E-state index in [2.05, 4.69) is 21.2 Å². The summed E-state index contributed by atoms with van der Waals surface area (Å²) in [5, 5.41) is 11.6. The molecule has 0 unspecified atom stereocenters. The Morgan fingerprint density at radius 1 is 1.16 bits per heavy atom. The normalized spacial score (nSPS) is 10.3. The van der Waals surface area contributed by atoms with E-state index in [1.807, 2.05) is 0 Å². The molecule has 0 saturated heterocycles. The van der Waals surface area contributed by atoms with Crippen molar-refractivity contribution in [2.45, 2.75) is 0 Å². The van der Waals surface area contributed by atoms with Gasteiger partial charge in [-0.2, -0.15) is 0 Å². The van der Waals surface area contributed by atoms with Gasteiger partial charge in [-0.05, 0) is 40.2 Å². The van der Waals surface area contributed by atoms with Crippen LogP contribution in [0.3, 0.4) is 0 Å². The Hall–Kier alpha value is -1.95. The van der Waals surface area contributed by atoms with E-state index in [-0.39, 0.29) is 21.5 Å². The number of carbonyl (C=O) groups is 1. The number of benzene rings is 2. The van der Waals surface area contributed by atoms with Crippen LogP contribution in [0.25, 0.3) is 0 Å². The topological polar surface area (TPSA) is 49.3 Å². The zero-order valence-electron chi connectivity index (χ0n) is 9.45. The highest BCUT2D eigenvalue weighted by atomic mass is 79.9. The van der Waals surface area contributed by atoms with Crippen LogP contribution in [0.4, 0.5) is 14.5 Å². The summed E-state index contributed by atoms with van der Waals surface area (Å²) in [6, 6.07) is 7.40. The van der Waals surface area contributed by atoms with Crippen LogP contribution in [-0.2, 0) is 0 Å². The van der Waals surface area contributed by atoms with E-state index in [9.17, 15) is 18.7 Å². The number of rotatable bonds is 2. The highest BCUT2D eigenvalue weighted by molar-refractivity contribution is 9.10. The maximum absolute atomic E-state index is 13.5. The van der Waals surface area contributed by atoms with Crippen LogP contribution in [0, 0.1) is 11.6 Å². The molecule has 2 rings (SSSR count). The van der Waals surface area contributed by atoms with E-state index in [1.54, 1.807) is 0 Å². The van der Waals surface area contributed by atoms with E-state index >= 15 is 0 Å². The summed E-state index contributed by atoms with van der Waals surface area (Å²) in [5.74, 6) is -2.32. The summed E-state index contributed by atoms with van der Waals surface area (Å²) in [5.41, 5.74) is 0.0152. The predicted octanol–water partition coefficient (Wildman–Crippen LogP) is 3.69. The molecule has 0 bridgehead atoms. The van der Waals surface area contributed by atoms with Crippen LogP contribution >= 0.6 is 15.9 Å². The second-order valence-electron chi connectivity index (χ2n) is 3.75. The quantitative estimate of drug-likeness (QED) is 0.826. The van der Waals surface area contributed by atoms with Crippen LogP contribution < -0.4 is 5.32 Å². The van der Waals surface area contributed by atoms with Crippen molar-refractivity contribution in [2.24, 2.45) is 0 Å². The summed E-state index contributed by atoms with van der Waals surface area (Å²) < 4.78 is 26.5. The lowest BCUT2D eigenvalue weighted by atomic mass is 10.2. The van der Waals surface area contributed by atoms with Gasteiger partial charge in [0.2, 0.25) is 0 Å². The largest absolute Gasteiger partial charge is 0.508 e. The van der Waals surface area contributed by atoms with Gasteiger partial charge in [-0.15, -0.1) is 0 Å². The minimum absolute atomic E-state index is 0.0418. The second kappa shape index (κ2) is 5.36. The van der Waals surface area contributed by atoms with Gasteiger partial charge < -0.3 is 10.4 Å². The Kier molecular flexibility index (Phi) is 3.80. The second-order valence-corrected chi connectivity index (χ2v) is 4.60. The smallest absolute Gasteiger partial charge is 0.255 e. The van der Waals surface area contributed by atoms with Crippen molar-refractivity contribution in [3.05, 3.63) is 58.1 Å². The summed E-state index contributed by atoms with van der Waals surface area (Å²) in [7, 11) is 0. The van der Waals surface area contributed by atoms with Gasteiger partial charge in [0.05, 0.1) is 10.2 Å². The maximum Gasteiger partial charge on any atom is 0.255 e. The standard InChI is InChI=1S/C13H8BrF2NO2/c14-9-5-12(11(16)6-10(9)15)17-13(19)7-2-1-3-8(18)4-7/h1-6,18H,(H,17,19). The molecule has 1 amide bonds. The van der Waals surface area contributed by atoms with Gasteiger partial charge in [0, 0.05) is 11.6 Å². The van der Waals surface area contributed by atoms with E-state index in [0.717, 1.165) is 6.07 Å². The molecule has 0 radical (unpaired) electrons. The Morgan fingerprint density at radius 2 is 1.89 bits per heavy atom. The van der Waals surface area contributed by atoms with Gasteiger partial charge in [-0.1, -0.05) is 6.07 Å². The van der Waals surface area contributed by atoms with Crippen molar-refractivity contribution in [3.63, 3.8) is 0 Å². The van der Waals surface area contributed by atoms with E-state index < -0.39 is 17.5 Å². The Morgan fingerprint density at radius 3 is 2.58 bits per heavy atom. The van der Waals surface area contributed by atoms with Gasteiger partial charge in [0.25, 0.3) is 5.91 Å². The van der Waals surface area contributed by atoms with Crippen LogP contribution in [-0.4, -0.2) is 11.0 Å². The first-order valence-corrected chi connectivity index (χ1v) is 6.01. The lowest BCUT2D eigenvalue weighted by Gasteiger charge is -2.07. The molecule has 3 nitrogen and oxygen atoms in total. The van der Waals surface area contributed by atoms with Crippen molar-refractivity contribution in [3.8, 4) is 5.75 Å². The van der Waals surface area contributed by atoms with Crippen LogP contribution in [0.5, 0.6) is 5.75 Å². The monoisotopic (exact) mass is 327 g/mol. The summed E-state index contributed by atoms with van der Waals surface area (Å²) in [4.78, 5) is 11.8. The summed E-state index contributed by atoms with van der Waals surface area (Å²) >= 11 is 2.91. The minimum atomic E-state index is -0.880. The average molecular weight is 328 g/mol. The first kappa shape index (κ1) is 13.5. The SMILES string of the molecule is O=C(Nc1cc(Br)c(F)cc1F)c1cccc(O)c1. The number of carbonyl (C=O) groups excluding carboxylic acids is 1. The third-order valence-corrected chi connectivity index (χ3v) is 2.97. The van der Waals surface area contributed by atoms with Gasteiger partial charge in [-0.3, -0.25) is 4.79 Å². The van der Waals surface area contributed by atoms with Crippen molar-refractivity contribution < 1.29 is 18.7 Å². The molecule has 6 heteroatoms. The number of aromatic hydroxyl groups is 1. The molecular weight excluding hydrogens is 320 g/mol. The number of phenolic OH excluding ortho intramolecular Hbond substituents is 1. The summed E-state index contributed by atoms with van der Waals surface area (Å²) in [6.07, 6.45) is 0. The third-order valence-electron chi connectivity index (χ3n) is 2.37. The lowest BCUT2D eigenvalue weighted by molar-refractivity contribution is 0.102. The number of nitrogens with one attached hydrogen (secondary N) is 1. The molecule has 0 saturated carbocycles. The van der Waals surface area contributed by atoms with E-state index in [1.165, 1.54) is 24.3 Å². The third kappa shape index (κ3) is 3.08. The molecule has 2 aromatic rings. The Labute approximate surface area is 116 Å². The first-order valence-electron chi connectivity index (χ1n) is 5.22. The lowest BCUT2D eigenvalue weighted by Crippen LogP contribution is -2.13. The van der Waals surface area contributed by atoms with Gasteiger partial charge in [0.1, 0.15) is 17.4 Å². The van der Waals surface area contributed by atoms with E-state index in [0.29, 0.717) is 6.07 Å². The number of phenols is 1. The fraction of sp³-hybridized carbons (Fsp3) is 0. The highest BCUT2D eigenvalue weighted by Crippen LogP contribution is 2.24.